The van der Waals surface area contributed by atoms with E-state index in [0.29, 0.717) is 0 Å². The minimum atomic E-state index is 0.775. The van der Waals surface area contributed by atoms with Gasteiger partial charge in [-0.3, -0.25) is 0 Å². The van der Waals surface area contributed by atoms with Crippen LogP contribution in [0.15, 0.2) is 0 Å². The maximum Gasteiger partial charge on any atom is 0.0494 e. The molecule has 0 amide bonds. The average Bonchev–Trinajstić information content (AvgIpc) is 2.11. The molecule has 0 aromatic carbocycles. The molecule has 0 fully saturated rings. The first-order chi connectivity index (χ1) is 5.85. The highest BCUT2D eigenvalue weighted by molar-refractivity contribution is 4.55. The molecule has 0 rings (SSSR count). The van der Waals surface area contributed by atoms with Crippen LogP contribution in [-0.4, -0.2) is 13.2 Å². The lowest BCUT2D eigenvalue weighted by Gasteiger charge is -2.13. The van der Waals surface area contributed by atoms with E-state index in [4.69, 9.17) is 4.74 Å². The molecule has 1 nitrogen and oxygen atoms in total. The number of hydrogen-bond acceptors (Lipinski definition) is 1. The van der Waals surface area contributed by atoms with Crippen LogP contribution in [0.3, 0.4) is 0 Å². The average molecular weight is 171 g/mol. The van der Waals surface area contributed by atoms with Crippen molar-refractivity contribution in [3.05, 3.63) is 6.92 Å². The van der Waals surface area contributed by atoms with Crippen LogP contribution in [0.5, 0.6) is 0 Å². The van der Waals surface area contributed by atoms with Crippen LogP contribution in [0.25, 0.3) is 0 Å². The Balaban J connectivity index is 3.26. The Bertz CT molecular complexity index is 81.1. The van der Waals surface area contributed by atoms with E-state index in [1.54, 1.807) is 0 Å². The van der Waals surface area contributed by atoms with Gasteiger partial charge in [-0.05, 0) is 18.8 Å². The van der Waals surface area contributed by atoms with Crippen LogP contribution in [0.4, 0.5) is 0 Å². The third-order valence-corrected chi connectivity index (χ3v) is 2.19. The van der Waals surface area contributed by atoms with Gasteiger partial charge in [0.05, 0.1) is 0 Å². The predicted molar refractivity (Wildman–Crippen MR) is 54.1 cm³/mol. The first kappa shape index (κ1) is 12.0. The summed E-state index contributed by atoms with van der Waals surface area (Å²) in [6, 6.07) is 0. The van der Waals surface area contributed by atoms with E-state index in [-0.39, 0.29) is 0 Å². The molecule has 0 saturated carbocycles. The van der Waals surface area contributed by atoms with Crippen molar-refractivity contribution in [3.8, 4) is 0 Å². The Morgan fingerprint density at radius 2 is 2.08 bits per heavy atom. The largest absolute Gasteiger partial charge is 0.381 e. The second-order valence-electron chi connectivity index (χ2n) is 3.34. The van der Waals surface area contributed by atoms with Crippen molar-refractivity contribution < 1.29 is 4.74 Å². The van der Waals surface area contributed by atoms with Crippen molar-refractivity contribution in [3.63, 3.8) is 0 Å². The van der Waals surface area contributed by atoms with Gasteiger partial charge in [-0.2, -0.15) is 0 Å². The van der Waals surface area contributed by atoms with Gasteiger partial charge in [0, 0.05) is 13.2 Å². The van der Waals surface area contributed by atoms with E-state index in [9.17, 15) is 0 Å². The molecular formula is C11H23O. The van der Waals surface area contributed by atoms with Crippen LogP contribution in [0.2, 0.25) is 0 Å². The van der Waals surface area contributed by atoms with Crippen molar-refractivity contribution in [1.82, 2.24) is 0 Å². The normalized spacial score (nSPS) is 13.2. The molecule has 0 aromatic heterocycles. The van der Waals surface area contributed by atoms with Crippen molar-refractivity contribution in [1.29, 1.82) is 0 Å². The predicted octanol–water partition coefficient (Wildman–Crippen LogP) is 3.44. The van der Waals surface area contributed by atoms with Crippen molar-refractivity contribution in [2.24, 2.45) is 5.92 Å². The van der Waals surface area contributed by atoms with E-state index >= 15 is 0 Å². The van der Waals surface area contributed by atoms with Crippen LogP contribution < -0.4 is 0 Å². The number of unbranched alkanes of at least 4 members (excludes halogenated alkanes) is 1. The molecule has 0 aliphatic carbocycles. The maximum atomic E-state index is 5.47. The fraction of sp³-hybridized carbons (Fsp3) is 0.909. The molecule has 0 spiro atoms. The monoisotopic (exact) mass is 171 g/mol. The highest BCUT2D eigenvalue weighted by atomic mass is 16.5. The molecule has 0 N–H and O–H groups in total. The summed E-state index contributed by atoms with van der Waals surface area (Å²) in [4.78, 5) is 0. The van der Waals surface area contributed by atoms with Gasteiger partial charge in [0.2, 0.25) is 0 Å². The smallest absolute Gasteiger partial charge is 0.0494 e. The lowest BCUT2D eigenvalue weighted by atomic mass is 10.0. The Kier molecular flexibility index (Phi) is 9.02. The quantitative estimate of drug-likeness (QED) is 0.508. The summed E-state index contributed by atoms with van der Waals surface area (Å²) in [6.07, 6.45) is 6.10. The number of ether oxygens (including phenoxy) is 1. The Morgan fingerprint density at radius 1 is 1.33 bits per heavy atom. The van der Waals surface area contributed by atoms with E-state index in [2.05, 4.69) is 20.8 Å². The van der Waals surface area contributed by atoms with Gasteiger partial charge < -0.3 is 4.74 Å². The molecule has 0 aliphatic heterocycles. The Labute approximate surface area is 77.5 Å². The minimum absolute atomic E-state index is 0.775. The van der Waals surface area contributed by atoms with Gasteiger partial charge in [-0.15, -0.1) is 0 Å². The molecule has 1 atom stereocenters. The standard InChI is InChI=1S/C11H23O/c1-4-7-8-11(6-3)10-12-9-5-2/h11H,2,4-10H2,1,3H3. The Hall–Kier alpha value is -0.0400. The van der Waals surface area contributed by atoms with E-state index in [1.807, 2.05) is 0 Å². The van der Waals surface area contributed by atoms with Crippen LogP contribution in [0.1, 0.15) is 46.0 Å². The maximum absolute atomic E-state index is 5.47. The highest BCUT2D eigenvalue weighted by Crippen LogP contribution is 2.12. The zero-order chi connectivity index (χ0) is 9.23. The number of hydrogen-bond donors (Lipinski definition) is 0. The summed E-state index contributed by atoms with van der Waals surface area (Å²) in [5.41, 5.74) is 0. The molecule has 1 unspecified atom stereocenters. The fourth-order valence-electron chi connectivity index (χ4n) is 1.25. The molecule has 0 bridgehead atoms. The van der Waals surface area contributed by atoms with Crippen molar-refractivity contribution >= 4 is 0 Å². The topological polar surface area (TPSA) is 9.23 Å². The molecule has 0 heterocycles. The summed E-state index contributed by atoms with van der Waals surface area (Å²) in [5, 5.41) is 0. The lowest BCUT2D eigenvalue weighted by molar-refractivity contribution is 0.0972. The SMILES string of the molecule is [CH2]CCOCC(CC)CCCC. The zero-order valence-electron chi connectivity index (χ0n) is 8.64. The highest BCUT2D eigenvalue weighted by Gasteiger charge is 2.04. The molecule has 0 aliphatic rings. The first-order valence-corrected chi connectivity index (χ1v) is 5.22. The summed E-state index contributed by atoms with van der Waals surface area (Å²) >= 11 is 0. The van der Waals surface area contributed by atoms with Gasteiger partial charge in [0.1, 0.15) is 0 Å². The van der Waals surface area contributed by atoms with Crippen LogP contribution in [-0.2, 0) is 4.74 Å². The van der Waals surface area contributed by atoms with Crippen LogP contribution >= 0.6 is 0 Å². The van der Waals surface area contributed by atoms with Gasteiger partial charge in [-0.1, -0.05) is 40.0 Å². The summed E-state index contributed by atoms with van der Waals surface area (Å²) in [6.45, 7) is 9.99. The van der Waals surface area contributed by atoms with Gasteiger partial charge in [0.15, 0.2) is 0 Å². The van der Waals surface area contributed by atoms with Crippen molar-refractivity contribution in [2.75, 3.05) is 13.2 Å². The van der Waals surface area contributed by atoms with E-state index in [1.165, 1.54) is 25.7 Å². The molecule has 0 saturated heterocycles. The second kappa shape index (κ2) is 9.05. The summed E-state index contributed by atoms with van der Waals surface area (Å²) in [7, 11) is 0. The third-order valence-electron chi connectivity index (χ3n) is 2.19. The van der Waals surface area contributed by atoms with Crippen molar-refractivity contribution in [2.45, 2.75) is 46.0 Å². The van der Waals surface area contributed by atoms with Gasteiger partial charge >= 0.3 is 0 Å². The minimum Gasteiger partial charge on any atom is -0.381 e. The third kappa shape index (κ3) is 6.66. The number of rotatable bonds is 8. The van der Waals surface area contributed by atoms with Gasteiger partial charge in [-0.25, -0.2) is 0 Å². The molecule has 73 valence electrons. The first-order valence-electron chi connectivity index (χ1n) is 5.22. The lowest BCUT2D eigenvalue weighted by Crippen LogP contribution is -2.09. The summed E-state index contributed by atoms with van der Waals surface area (Å²) in [5.74, 6) is 0.775. The molecule has 12 heavy (non-hydrogen) atoms. The Morgan fingerprint density at radius 3 is 2.58 bits per heavy atom. The second-order valence-corrected chi connectivity index (χ2v) is 3.34. The van der Waals surface area contributed by atoms with Gasteiger partial charge in [0.25, 0.3) is 0 Å². The van der Waals surface area contributed by atoms with E-state index < -0.39 is 0 Å². The molecular weight excluding hydrogens is 148 g/mol. The van der Waals surface area contributed by atoms with Crippen LogP contribution in [0, 0.1) is 12.8 Å². The fourth-order valence-corrected chi connectivity index (χ4v) is 1.25. The molecule has 0 aromatic rings. The molecule has 1 heteroatoms. The zero-order valence-corrected chi connectivity index (χ0v) is 8.64. The molecule has 1 radical (unpaired) electrons. The summed E-state index contributed by atoms with van der Waals surface area (Å²) < 4.78 is 5.47. The van der Waals surface area contributed by atoms with E-state index in [0.717, 1.165) is 25.6 Å².